The fourth-order valence-electron chi connectivity index (χ4n) is 9.36. The third-order valence-electron chi connectivity index (χ3n) is 11.9. The van der Waals surface area contributed by atoms with Crippen LogP contribution >= 0.6 is 11.6 Å². The molecule has 3 aromatic rings. The van der Waals surface area contributed by atoms with Crippen molar-refractivity contribution in [2.24, 2.45) is 10.8 Å². The van der Waals surface area contributed by atoms with E-state index in [4.69, 9.17) is 22.9 Å². The Hall–Kier alpha value is -5.58. The summed E-state index contributed by atoms with van der Waals surface area (Å²) in [6.45, 7) is 17.2. The van der Waals surface area contributed by atoms with Crippen molar-refractivity contribution in [2.45, 2.75) is 84.9 Å². The molecule has 1 atom stereocenters. The molecule has 0 spiro atoms. The van der Waals surface area contributed by atoms with Crippen molar-refractivity contribution in [2.75, 3.05) is 6.54 Å². The van der Waals surface area contributed by atoms with Crippen molar-refractivity contribution in [1.29, 1.82) is 0 Å². The number of hydrogen-bond acceptors (Lipinski definition) is 8. The molecule has 0 bridgehead atoms. The Bertz CT molecular complexity index is 2240. The molecule has 8 rings (SSSR count). The van der Waals surface area contributed by atoms with Crippen LogP contribution in [0.2, 0.25) is 5.02 Å². The van der Waals surface area contributed by atoms with E-state index in [0.717, 1.165) is 27.2 Å². The molecule has 5 aliphatic rings. The van der Waals surface area contributed by atoms with E-state index in [-0.39, 0.29) is 54.5 Å². The maximum Gasteiger partial charge on any atom is 0.262 e. The first-order valence-electron chi connectivity index (χ1n) is 18.2. The van der Waals surface area contributed by atoms with Crippen molar-refractivity contribution >= 4 is 52.7 Å². The Morgan fingerprint density at radius 1 is 0.891 bits per heavy atom. The minimum atomic E-state index is -1.03. The second kappa shape index (κ2) is 13.0. The van der Waals surface area contributed by atoms with Gasteiger partial charge in [0.05, 0.1) is 29.3 Å². The molecule has 3 aromatic carbocycles. The molecule has 1 saturated heterocycles. The average molecular weight is 763 g/mol. The van der Waals surface area contributed by atoms with Crippen LogP contribution < -0.4 is 15.4 Å². The normalized spacial score (nSPS) is 23.4. The number of benzene rings is 3. The molecule has 1 unspecified atom stereocenters. The number of nitrogens with zero attached hydrogens (tertiary/aromatic N) is 4. The third-order valence-corrected chi connectivity index (χ3v) is 12.2. The number of hydrogen-bond donors (Lipinski definition) is 2. The number of imide groups is 2. The molecule has 1 aliphatic carbocycles. The van der Waals surface area contributed by atoms with Gasteiger partial charge in [0, 0.05) is 55.0 Å². The number of carbonyl (C=O) groups excluding carboxylic acids is 6. The van der Waals surface area contributed by atoms with Crippen LogP contribution in [-0.4, -0.2) is 74.9 Å². The minimum Gasteiger partial charge on any atom is -0.489 e. The van der Waals surface area contributed by atoms with Crippen LogP contribution in [0.4, 0.5) is 5.69 Å². The molecule has 4 heterocycles. The summed E-state index contributed by atoms with van der Waals surface area (Å²) in [5, 5.41) is 5.78. The number of carbonyl (C=O) groups is 6. The molecule has 14 heteroatoms. The number of rotatable bonds is 7. The summed E-state index contributed by atoms with van der Waals surface area (Å²) < 4.78 is 6.37. The van der Waals surface area contributed by atoms with Gasteiger partial charge in [-0.05, 0) is 65.1 Å². The van der Waals surface area contributed by atoms with Gasteiger partial charge in [0.15, 0.2) is 0 Å². The van der Waals surface area contributed by atoms with Crippen LogP contribution in [0.3, 0.4) is 0 Å². The van der Waals surface area contributed by atoms with E-state index in [0.29, 0.717) is 48.2 Å². The van der Waals surface area contributed by atoms with Gasteiger partial charge in [-0.1, -0.05) is 51.4 Å². The monoisotopic (exact) mass is 762 g/mol. The van der Waals surface area contributed by atoms with Crippen LogP contribution in [0.5, 0.6) is 5.75 Å². The maximum atomic E-state index is 13.6. The summed E-state index contributed by atoms with van der Waals surface area (Å²) in [7, 11) is 0. The zero-order valence-corrected chi connectivity index (χ0v) is 31.6. The van der Waals surface area contributed by atoms with Gasteiger partial charge in [-0.3, -0.25) is 43.9 Å². The van der Waals surface area contributed by atoms with Crippen molar-refractivity contribution < 1.29 is 33.5 Å². The predicted molar refractivity (Wildman–Crippen MR) is 199 cm³/mol. The summed E-state index contributed by atoms with van der Waals surface area (Å²) in [5.41, 5.74) is 4.05. The Morgan fingerprint density at radius 2 is 1.53 bits per heavy atom. The topological polar surface area (TPSA) is 150 Å². The zero-order valence-electron chi connectivity index (χ0n) is 30.8. The van der Waals surface area contributed by atoms with E-state index in [9.17, 15) is 28.8 Å². The number of halogens is 1. The zero-order chi connectivity index (χ0) is 39.1. The van der Waals surface area contributed by atoms with E-state index in [2.05, 4.69) is 43.2 Å². The van der Waals surface area contributed by atoms with Crippen LogP contribution in [0, 0.1) is 17.4 Å². The largest absolute Gasteiger partial charge is 0.489 e. The summed E-state index contributed by atoms with van der Waals surface area (Å²) in [6, 6.07) is 12.7. The number of fused-ring (bicyclic) bond motifs is 3. The predicted octanol–water partition coefficient (Wildman–Crippen LogP) is 4.76. The van der Waals surface area contributed by atoms with Crippen LogP contribution in [0.1, 0.15) is 93.9 Å². The van der Waals surface area contributed by atoms with Crippen LogP contribution in [-0.2, 0) is 40.6 Å². The van der Waals surface area contributed by atoms with Gasteiger partial charge in [-0.15, -0.1) is 0 Å². The molecule has 1 saturated carbocycles. The van der Waals surface area contributed by atoms with E-state index in [1.54, 1.807) is 41.3 Å². The average Bonchev–Trinajstić information content (AvgIpc) is 3.81. The fourth-order valence-corrected chi connectivity index (χ4v) is 9.57. The van der Waals surface area contributed by atoms with Crippen molar-refractivity contribution in [1.82, 2.24) is 25.3 Å². The quantitative estimate of drug-likeness (QED) is 0.259. The molecule has 55 heavy (non-hydrogen) atoms. The number of amides is 6. The van der Waals surface area contributed by atoms with Gasteiger partial charge in [-0.25, -0.2) is 4.85 Å². The highest BCUT2D eigenvalue weighted by molar-refractivity contribution is 6.33. The van der Waals surface area contributed by atoms with Crippen molar-refractivity contribution in [3.63, 3.8) is 0 Å². The van der Waals surface area contributed by atoms with Crippen molar-refractivity contribution in [3.8, 4) is 5.75 Å². The highest BCUT2D eigenvalue weighted by Crippen LogP contribution is 2.55. The molecular formula is C41H39ClN6O7. The molecule has 282 valence electrons. The molecule has 0 radical (unpaired) electrons. The molecule has 6 amide bonds. The SMILES string of the molecule is [C-]#[N+]c1ccc(OC2C(C)(C)C(NC(=O)c3ccc4c(c3)CN(C(=O)CN3Cc5cc6c(cc5C3)C(=O)N(C3CCC(=O)NC3=O)C6=O)C4)C2(C)C)cc1Cl. The van der Waals surface area contributed by atoms with E-state index in [1.807, 2.05) is 17.0 Å². The highest BCUT2D eigenvalue weighted by atomic mass is 35.5. The van der Waals surface area contributed by atoms with Gasteiger partial charge in [0.25, 0.3) is 17.7 Å². The second-order valence-electron chi connectivity index (χ2n) is 16.3. The lowest BCUT2D eigenvalue weighted by molar-refractivity contribution is -0.164. The molecule has 4 aliphatic heterocycles. The van der Waals surface area contributed by atoms with Gasteiger partial charge in [0.1, 0.15) is 17.9 Å². The first kappa shape index (κ1) is 36.4. The lowest BCUT2D eigenvalue weighted by Crippen LogP contribution is -2.74. The Kier molecular flexibility index (Phi) is 8.62. The molecule has 0 aromatic heterocycles. The van der Waals surface area contributed by atoms with E-state index >= 15 is 0 Å². The molecule has 13 nitrogen and oxygen atoms in total. The van der Waals surface area contributed by atoms with Crippen LogP contribution in [0.25, 0.3) is 4.85 Å². The molecule has 2 N–H and O–H groups in total. The Morgan fingerprint density at radius 3 is 2.15 bits per heavy atom. The number of piperidine rings is 1. The standard InChI is InChI=1S/C41H39ClN6O7/c1-40(2)38(41(3,4)39(40)55-26-8-9-30(43-5)29(42)15-26)45-34(51)21-6-7-22-18-47(19-23(22)12-21)33(50)20-46-16-24-13-27-28(14-25(24)17-46)37(54)48(36(27)53)31-10-11-32(49)44-35(31)52/h6-9,12-15,31,38-39H,10-11,16-20H2,1-4H3,(H,45,51)(H,44,49,52). The first-order chi connectivity index (χ1) is 26.1. The number of nitrogens with one attached hydrogen (secondary N) is 2. The Balaban J connectivity index is 0.873. The smallest absolute Gasteiger partial charge is 0.262 e. The lowest BCUT2D eigenvalue weighted by atomic mass is 9.49. The fraction of sp³-hybridized carbons (Fsp3) is 0.390. The molecular weight excluding hydrogens is 724 g/mol. The van der Waals surface area contributed by atoms with Gasteiger partial charge < -0.3 is 15.0 Å². The number of ether oxygens (including phenoxy) is 1. The summed E-state index contributed by atoms with van der Waals surface area (Å²) in [6.07, 6.45) is -0.0881. The summed E-state index contributed by atoms with van der Waals surface area (Å²) in [4.78, 5) is 85.9. The highest BCUT2D eigenvalue weighted by Gasteiger charge is 2.64. The summed E-state index contributed by atoms with van der Waals surface area (Å²) >= 11 is 6.25. The van der Waals surface area contributed by atoms with Gasteiger partial charge >= 0.3 is 0 Å². The van der Waals surface area contributed by atoms with Crippen molar-refractivity contribution in [3.05, 3.63) is 104 Å². The van der Waals surface area contributed by atoms with E-state index in [1.165, 1.54) is 0 Å². The second-order valence-corrected chi connectivity index (χ2v) is 16.7. The minimum absolute atomic E-state index is 0.0525. The molecule has 2 fully saturated rings. The first-order valence-corrected chi connectivity index (χ1v) is 18.6. The van der Waals surface area contributed by atoms with Crippen LogP contribution in [0.15, 0.2) is 48.5 Å². The third kappa shape index (κ3) is 6.04. The summed E-state index contributed by atoms with van der Waals surface area (Å²) in [5.74, 6) is -1.91. The van der Waals surface area contributed by atoms with E-state index < -0.39 is 40.5 Å². The maximum absolute atomic E-state index is 13.6. The van der Waals surface area contributed by atoms with Gasteiger partial charge in [0.2, 0.25) is 23.4 Å². The van der Waals surface area contributed by atoms with Gasteiger partial charge in [-0.2, -0.15) is 0 Å². The Labute approximate surface area is 322 Å². The lowest BCUT2D eigenvalue weighted by Gasteiger charge is -2.63.